The van der Waals surface area contributed by atoms with Gasteiger partial charge in [-0.05, 0) is 54.5 Å². The summed E-state index contributed by atoms with van der Waals surface area (Å²) < 4.78 is 7.93. The Morgan fingerprint density at radius 2 is 2.08 bits per heavy atom. The smallest absolute Gasteiger partial charge is 0.150 e. The average Bonchev–Trinajstić information content (AvgIpc) is 3.10. The van der Waals surface area contributed by atoms with Gasteiger partial charge in [0.2, 0.25) is 0 Å². The number of benzene rings is 2. The predicted molar refractivity (Wildman–Crippen MR) is 103 cm³/mol. The number of ether oxygens (including phenoxy) is 1. The van der Waals surface area contributed by atoms with Gasteiger partial charge in [0.15, 0.2) is 6.23 Å². The fourth-order valence-electron chi connectivity index (χ4n) is 3.55. The molecule has 0 amide bonds. The molecule has 2 heterocycles. The molecule has 1 aliphatic rings. The van der Waals surface area contributed by atoms with Crippen LogP contribution in [0.2, 0.25) is 0 Å². The first-order valence-electron chi connectivity index (χ1n) is 9.20. The van der Waals surface area contributed by atoms with Crippen LogP contribution in [0, 0.1) is 0 Å². The van der Waals surface area contributed by atoms with Crippen LogP contribution >= 0.6 is 0 Å². The minimum Gasteiger partial charge on any atom is -0.356 e. The molecule has 0 aliphatic carbocycles. The number of nitrogens with zero attached hydrogens (tertiary/aromatic N) is 2. The molecule has 0 saturated carbocycles. The van der Waals surface area contributed by atoms with E-state index in [1.165, 1.54) is 28.5 Å². The second-order valence-corrected chi connectivity index (χ2v) is 6.62. The van der Waals surface area contributed by atoms with Gasteiger partial charge in [0.05, 0.1) is 11.7 Å². The summed E-state index contributed by atoms with van der Waals surface area (Å²) in [4.78, 5) is 0. The summed E-state index contributed by atoms with van der Waals surface area (Å²) in [6.45, 7) is 3.04. The maximum absolute atomic E-state index is 5.89. The molecule has 1 aliphatic heterocycles. The first-order chi connectivity index (χ1) is 12.3. The van der Waals surface area contributed by atoms with Crippen molar-refractivity contribution in [2.45, 2.75) is 38.8 Å². The largest absolute Gasteiger partial charge is 0.356 e. The molecule has 25 heavy (non-hydrogen) atoms. The fraction of sp³-hybridized carbons (Fsp3) is 0.318. The topological polar surface area (TPSA) is 27.1 Å². The molecular formula is C22H24N2O. The summed E-state index contributed by atoms with van der Waals surface area (Å²) in [5, 5.41) is 5.76. The Labute approximate surface area is 148 Å². The number of hydrogen-bond acceptors (Lipinski definition) is 2. The molecule has 0 bridgehead atoms. The molecule has 3 aromatic rings. The summed E-state index contributed by atoms with van der Waals surface area (Å²) in [6, 6.07) is 17.2. The van der Waals surface area contributed by atoms with E-state index in [1.54, 1.807) is 0 Å². The van der Waals surface area contributed by atoms with Crippen LogP contribution in [0.25, 0.3) is 22.6 Å². The number of fused-ring (bicyclic) bond motifs is 1. The molecular weight excluding hydrogens is 308 g/mol. The van der Waals surface area contributed by atoms with Crippen molar-refractivity contribution in [1.29, 1.82) is 0 Å². The van der Waals surface area contributed by atoms with Crippen molar-refractivity contribution in [3.63, 3.8) is 0 Å². The van der Waals surface area contributed by atoms with E-state index in [-0.39, 0.29) is 6.23 Å². The number of allylic oxidation sites excluding steroid dienone is 1. The molecule has 128 valence electrons. The molecule has 0 spiro atoms. The molecule has 3 heteroatoms. The molecule has 2 aromatic carbocycles. The number of rotatable bonds is 4. The molecule has 1 aromatic heterocycles. The van der Waals surface area contributed by atoms with Gasteiger partial charge in [-0.25, -0.2) is 4.68 Å². The van der Waals surface area contributed by atoms with Crippen molar-refractivity contribution in [2.75, 3.05) is 6.61 Å². The Balaban J connectivity index is 1.66. The second-order valence-electron chi connectivity index (χ2n) is 6.62. The van der Waals surface area contributed by atoms with E-state index >= 15 is 0 Å². The third-order valence-corrected chi connectivity index (χ3v) is 4.91. The van der Waals surface area contributed by atoms with Crippen LogP contribution in [-0.2, 0) is 4.74 Å². The Hall–Kier alpha value is -2.39. The molecule has 1 unspecified atom stereocenters. The zero-order valence-electron chi connectivity index (χ0n) is 14.7. The van der Waals surface area contributed by atoms with Crippen LogP contribution < -0.4 is 0 Å². The Kier molecular flexibility index (Phi) is 4.66. The molecule has 1 fully saturated rings. The minimum atomic E-state index is 0.0863. The van der Waals surface area contributed by atoms with E-state index < -0.39 is 0 Å². The maximum Gasteiger partial charge on any atom is 0.150 e. The minimum absolute atomic E-state index is 0.0863. The zero-order valence-corrected chi connectivity index (χ0v) is 14.7. The Morgan fingerprint density at radius 1 is 1.20 bits per heavy atom. The summed E-state index contributed by atoms with van der Waals surface area (Å²) >= 11 is 0. The molecule has 0 N–H and O–H groups in total. The summed E-state index contributed by atoms with van der Waals surface area (Å²) in [5.41, 5.74) is 5.01. The lowest BCUT2D eigenvalue weighted by atomic mass is 10.0. The van der Waals surface area contributed by atoms with Gasteiger partial charge in [0, 0.05) is 12.0 Å². The van der Waals surface area contributed by atoms with Crippen LogP contribution in [0.3, 0.4) is 0 Å². The first kappa shape index (κ1) is 16.1. The lowest BCUT2D eigenvalue weighted by Gasteiger charge is -2.23. The normalized spacial score (nSPS) is 18.6. The number of aromatic nitrogens is 2. The van der Waals surface area contributed by atoms with Crippen molar-refractivity contribution in [1.82, 2.24) is 9.78 Å². The highest BCUT2D eigenvalue weighted by Gasteiger charge is 2.18. The first-order valence-corrected chi connectivity index (χ1v) is 9.20. The Morgan fingerprint density at radius 3 is 2.84 bits per heavy atom. The van der Waals surface area contributed by atoms with Crippen molar-refractivity contribution in [3.05, 3.63) is 65.9 Å². The average molecular weight is 332 g/mol. The molecule has 3 nitrogen and oxygen atoms in total. The van der Waals surface area contributed by atoms with Crippen LogP contribution in [-0.4, -0.2) is 16.4 Å². The molecule has 0 radical (unpaired) electrons. The van der Waals surface area contributed by atoms with Gasteiger partial charge in [-0.2, -0.15) is 5.10 Å². The van der Waals surface area contributed by atoms with Crippen LogP contribution in [0.1, 0.15) is 50.0 Å². The van der Waals surface area contributed by atoms with E-state index in [9.17, 15) is 0 Å². The highest BCUT2D eigenvalue weighted by Crippen LogP contribution is 2.28. The van der Waals surface area contributed by atoms with Crippen LogP contribution in [0.15, 0.2) is 54.7 Å². The quantitative estimate of drug-likeness (QED) is 0.574. The molecule has 1 atom stereocenters. The standard InChI is InChI=1S/C22H24N2O/c1-2-18(19-8-4-3-5-9-19)14-17-11-12-21-20(15-17)16-23-24(21)22-10-6-7-13-25-22/h3-5,8-9,11-12,14-16,22H,2,6-7,10,13H2,1H3/b18-14+. The highest BCUT2D eigenvalue weighted by atomic mass is 16.5. The van der Waals surface area contributed by atoms with Gasteiger partial charge < -0.3 is 4.74 Å². The third-order valence-electron chi connectivity index (χ3n) is 4.91. The summed E-state index contributed by atoms with van der Waals surface area (Å²) in [5.74, 6) is 0. The maximum atomic E-state index is 5.89. The van der Waals surface area contributed by atoms with E-state index in [0.717, 1.165) is 31.4 Å². The third kappa shape index (κ3) is 3.38. The van der Waals surface area contributed by atoms with Gasteiger partial charge in [-0.3, -0.25) is 0 Å². The van der Waals surface area contributed by atoms with Crippen LogP contribution in [0.4, 0.5) is 0 Å². The van der Waals surface area contributed by atoms with E-state index in [2.05, 4.69) is 66.6 Å². The van der Waals surface area contributed by atoms with E-state index in [4.69, 9.17) is 4.74 Å². The lowest BCUT2D eigenvalue weighted by Crippen LogP contribution is -2.18. The van der Waals surface area contributed by atoms with Crippen molar-refractivity contribution in [3.8, 4) is 0 Å². The molecule has 4 rings (SSSR count). The molecule has 1 saturated heterocycles. The monoisotopic (exact) mass is 332 g/mol. The number of hydrogen-bond donors (Lipinski definition) is 0. The van der Waals surface area contributed by atoms with Crippen molar-refractivity contribution in [2.24, 2.45) is 0 Å². The summed E-state index contributed by atoms with van der Waals surface area (Å²) in [6.07, 6.45) is 8.75. The lowest BCUT2D eigenvalue weighted by molar-refractivity contribution is -0.0366. The van der Waals surface area contributed by atoms with Gasteiger partial charge in [0.25, 0.3) is 0 Å². The predicted octanol–water partition coefficient (Wildman–Crippen LogP) is 5.69. The van der Waals surface area contributed by atoms with Crippen molar-refractivity contribution < 1.29 is 4.74 Å². The zero-order chi connectivity index (χ0) is 17.1. The van der Waals surface area contributed by atoms with Gasteiger partial charge >= 0.3 is 0 Å². The van der Waals surface area contributed by atoms with Gasteiger partial charge in [-0.1, -0.05) is 49.4 Å². The SMILES string of the molecule is CC/C(=C\c1ccc2c(cnn2C2CCCCO2)c1)c1ccccc1. The van der Waals surface area contributed by atoms with Gasteiger partial charge in [-0.15, -0.1) is 0 Å². The highest BCUT2D eigenvalue weighted by molar-refractivity contribution is 5.86. The van der Waals surface area contributed by atoms with E-state index in [0.29, 0.717) is 0 Å². The van der Waals surface area contributed by atoms with E-state index in [1.807, 2.05) is 10.9 Å². The van der Waals surface area contributed by atoms with Gasteiger partial charge in [0.1, 0.15) is 0 Å². The fourth-order valence-corrected chi connectivity index (χ4v) is 3.55. The van der Waals surface area contributed by atoms with Crippen LogP contribution in [0.5, 0.6) is 0 Å². The Bertz CT molecular complexity index is 873. The van der Waals surface area contributed by atoms with Crippen molar-refractivity contribution >= 4 is 22.6 Å². The second kappa shape index (κ2) is 7.24. The summed E-state index contributed by atoms with van der Waals surface area (Å²) in [7, 11) is 0.